The summed E-state index contributed by atoms with van der Waals surface area (Å²) in [6.07, 6.45) is 3.33. The van der Waals surface area contributed by atoms with E-state index < -0.39 is 0 Å². The minimum atomic E-state index is 0.347. The molecule has 0 spiro atoms. The highest BCUT2D eigenvalue weighted by atomic mass is 35.5. The summed E-state index contributed by atoms with van der Waals surface area (Å²) < 4.78 is 12.5. The lowest BCUT2D eigenvalue weighted by Gasteiger charge is -2.09. The van der Waals surface area contributed by atoms with Crippen LogP contribution in [0.4, 0.5) is 0 Å². The van der Waals surface area contributed by atoms with Gasteiger partial charge in [-0.3, -0.25) is 0 Å². The maximum Gasteiger partial charge on any atom is 0.216 e. The molecule has 0 aliphatic rings. The average molecular weight is 401 g/mol. The highest BCUT2D eigenvalue weighted by Crippen LogP contribution is 2.31. The molecule has 0 fully saturated rings. The van der Waals surface area contributed by atoms with Crippen LogP contribution in [-0.2, 0) is 0 Å². The smallest absolute Gasteiger partial charge is 0.216 e. The third-order valence-corrected chi connectivity index (χ3v) is 4.16. The molecule has 27 heavy (non-hydrogen) atoms. The molecule has 0 amide bonds. The number of nitrogens with zero attached hydrogens (tertiary/aromatic N) is 3. The number of allylic oxidation sites excluding steroid dienone is 1. The summed E-state index contributed by atoms with van der Waals surface area (Å²) in [6, 6.07) is 15.2. The Morgan fingerprint density at radius 2 is 1.89 bits per heavy atom. The predicted molar refractivity (Wildman–Crippen MR) is 110 cm³/mol. The van der Waals surface area contributed by atoms with Gasteiger partial charge in [-0.2, -0.15) is 14.9 Å². The number of nitrogens with one attached hydrogen (secondary N) is 1. The lowest BCUT2D eigenvalue weighted by molar-refractivity contribution is 0.355. The normalized spacial score (nSPS) is 11.7. The first-order valence-corrected chi connectivity index (χ1v) is 8.77. The molecule has 0 aliphatic carbocycles. The zero-order valence-corrected chi connectivity index (χ0v) is 16.3. The van der Waals surface area contributed by atoms with Crippen molar-refractivity contribution in [2.75, 3.05) is 14.2 Å². The Hall–Kier alpha value is -2.90. The van der Waals surface area contributed by atoms with E-state index >= 15 is 0 Å². The summed E-state index contributed by atoms with van der Waals surface area (Å²) >= 11 is 11.5. The number of rotatable bonds is 6. The van der Waals surface area contributed by atoms with Crippen LogP contribution in [0, 0.1) is 4.77 Å². The fourth-order valence-corrected chi connectivity index (χ4v) is 2.77. The van der Waals surface area contributed by atoms with Crippen molar-refractivity contribution >= 4 is 36.1 Å². The van der Waals surface area contributed by atoms with E-state index in [2.05, 4.69) is 15.3 Å². The van der Waals surface area contributed by atoms with Crippen molar-refractivity contribution in [3.8, 4) is 22.9 Å². The molecular formula is C19H17ClN4O2S. The molecule has 0 atom stereocenters. The molecule has 0 aliphatic heterocycles. The van der Waals surface area contributed by atoms with Gasteiger partial charge in [0, 0.05) is 5.56 Å². The Bertz CT molecular complexity index is 1040. The van der Waals surface area contributed by atoms with Gasteiger partial charge in [-0.15, -0.1) is 0 Å². The zero-order chi connectivity index (χ0) is 19.2. The molecule has 138 valence electrons. The van der Waals surface area contributed by atoms with E-state index in [1.54, 1.807) is 26.4 Å². The van der Waals surface area contributed by atoms with Gasteiger partial charge in [-0.05, 0) is 42.1 Å². The Morgan fingerprint density at radius 3 is 2.59 bits per heavy atom. The van der Waals surface area contributed by atoms with Gasteiger partial charge >= 0.3 is 0 Å². The van der Waals surface area contributed by atoms with Crippen LogP contribution in [-0.4, -0.2) is 35.3 Å². The van der Waals surface area contributed by atoms with Gasteiger partial charge in [0.25, 0.3) is 0 Å². The number of ether oxygens (including phenoxy) is 2. The summed E-state index contributed by atoms with van der Waals surface area (Å²) in [5.74, 6) is 1.74. The van der Waals surface area contributed by atoms with Gasteiger partial charge in [-0.1, -0.05) is 41.9 Å². The molecule has 0 radical (unpaired) electrons. The highest BCUT2D eigenvalue weighted by molar-refractivity contribution is 7.71. The number of aromatic nitrogens is 3. The molecule has 1 N–H and O–H groups in total. The van der Waals surface area contributed by atoms with Gasteiger partial charge in [0.05, 0.1) is 25.5 Å². The first-order chi connectivity index (χ1) is 13.1. The monoisotopic (exact) mass is 400 g/mol. The quantitative estimate of drug-likeness (QED) is 0.479. The standard InChI is InChI=1S/C19H17ClN4O2S/c1-25-16-9-8-14(11-17(16)26-2)18-22-23-19(27)24(18)21-12-15(20)10-13-6-4-3-5-7-13/h3-12H,1-2H3,(H,23,27). The van der Waals surface area contributed by atoms with Crippen LogP contribution in [0.25, 0.3) is 17.5 Å². The van der Waals surface area contributed by atoms with Gasteiger partial charge in [0.15, 0.2) is 17.3 Å². The minimum Gasteiger partial charge on any atom is -0.493 e. The predicted octanol–water partition coefficient (Wildman–Crippen LogP) is 4.74. The number of hydrogen-bond donors (Lipinski definition) is 1. The highest BCUT2D eigenvalue weighted by Gasteiger charge is 2.12. The topological polar surface area (TPSA) is 64.4 Å². The van der Waals surface area contributed by atoms with Crippen LogP contribution in [0.5, 0.6) is 11.5 Å². The second-order valence-electron chi connectivity index (χ2n) is 5.42. The maximum absolute atomic E-state index is 6.27. The summed E-state index contributed by atoms with van der Waals surface area (Å²) in [4.78, 5) is 0. The van der Waals surface area contributed by atoms with E-state index in [-0.39, 0.29) is 0 Å². The van der Waals surface area contributed by atoms with Crippen molar-refractivity contribution in [1.82, 2.24) is 14.9 Å². The molecule has 3 aromatic rings. The van der Waals surface area contributed by atoms with Crippen molar-refractivity contribution in [3.63, 3.8) is 0 Å². The molecular weight excluding hydrogens is 384 g/mol. The largest absolute Gasteiger partial charge is 0.493 e. The molecule has 1 heterocycles. The molecule has 1 aromatic heterocycles. The average Bonchev–Trinajstić information content (AvgIpc) is 3.07. The Morgan fingerprint density at radius 1 is 1.15 bits per heavy atom. The Balaban J connectivity index is 1.94. The molecule has 0 bridgehead atoms. The van der Waals surface area contributed by atoms with E-state index in [4.69, 9.17) is 33.3 Å². The number of hydrogen-bond acceptors (Lipinski definition) is 5. The van der Waals surface area contributed by atoms with Crippen molar-refractivity contribution in [3.05, 3.63) is 63.9 Å². The molecule has 8 heteroatoms. The zero-order valence-electron chi connectivity index (χ0n) is 14.7. The maximum atomic E-state index is 6.27. The number of benzene rings is 2. The molecule has 6 nitrogen and oxygen atoms in total. The van der Waals surface area contributed by atoms with Crippen molar-refractivity contribution in [2.24, 2.45) is 5.10 Å². The van der Waals surface area contributed by atoms with E-state index in [0.717, 1.165) is 11.1 Å². The van der Waals surface area contributed by atoms with Gasteiger partial charge in [-0.25, -0.2) is 5.10 Å². The second kappa shape index (κ2) is 8.66. The lowest BCUT2D eigenvalue weighted by atomic mass is 10.2. The van der Waals surface area contributed by atoms with Crippen LogP contribution in [0.1, 0.15) is 5.56 Å². The molecule has 0 saturated carbocycles. The third-order valence-electron chi connectivity index (χ3n) is 3.69. The summed E-state index contributed by atoms with van der Waals surface area (Å²) in [6.45, 7) is 0. The van der Waals surface area contributed by atoms with Crippen LogP contribution in [0.15, 0.2) is 58.7 Å². The Labute approximate surface area is 166 Å². The number of methoxy groups -OCH3 is 2. The first-order valence-electron chi connectivity index (χ1n) is 7.99. The van der Waals surface area contributed by atoms with Gasteiger partial charge in [0.1, 0.15) is 0 Å². The SMILES string of the molecule is COc1ccc(-c2n[nH]c(=S)n2N=CC(Cl)=Cc2ccccc2)cc1OC. The van der Waals surface area contributed by atoms with Crippen LogP contribution in [0.3, 0.4) is 0 Å². The molecule has 0 unspecified atom stereocenters. The van der Waals surface area contributed by atoms with Gasteiger partial charge < -0.3 is 9.47 Å². The van der Waals surface area contributed by atoms with E-state index in [1.807, 2.05) is 42.5 Å². The number of halogens is 1. The molecule has 2 aromatic carbocycles. The van der Waals surface area contributed by atoms with Crippen LogP contribution in [0.2, 0.25) is 0 Å². The van der Waals surface area contributed by atoms with E-state index in [0.29, 0.717) is 27.1 Å². The van der Waals surface area contributed by atoms with Crippen LogP contribution < -0.4 is 9.47 Å². The summed E-state index contributed by atoms with van der Waals surface area (Å²) in [5.41, 5.74) is 1.74. The third kappa shape index (κ3) is 4.45. The fourth-order valence-electron chi connectivity index (χ4n) is 2.42. The summed E-state index contributed by atoms with van der Waals surface area (Å²) in [5, 5.41) is 11.8. The number of H-pyrrole nitrogens is 1. The molecule has 0 saturated heterocycles. The van der Waals surface area contributed by atoms with Gasteiger partial charge in [0.2, 0.25) is 4.77 Å². The van der Waals surface area contributed by atoms with Crippen molar-refractivity contribution in [1.29, 1.82) is 0 Å². The minimum absolute atomic E-state index is 0.347. The summed E-state index contributed by atoms with van der Waals surface area (Å²) in [7, 11) is 3.16. The fraction of sp³-hybridized carbons (Fsp3) is 0.105. The Kier molecular flexibility index (Phi) is 6.05. The van der Waals surface area contributed by atoms with E-state index in [9.17, 15) is 0 Å². The first kappa shape index (κ1) is 18.9. The number of aromatic amines is 1. The molecule has 3 rings (SSSR count). The van der Waals surface area contributed by atoms with Crippen LogP contribution >= 0.6 is 23.8 Å². The van der Waals surface area contributed by atoms with Crippen molar-refractivity contribution < 1.29 is 9.47 Å². The van der Waals surface area contributed by atoms with Crippen molar-refractivity contribution in [2.45, 2.75) is 0 Å². The second-order valence-corrected chi connectivity index (χ2v) is 6.24. The van der Waals surface area contributed by atoms with E-state index in [1.165, 1.54) is 10.9 Å². The lowest BCUT2D eigenvalue weighted by Crippen LogP contribution is -1.96.